The van der Waals surface area contributed by atoms with Gasteiger partial charge in [-0.3, -0.25) is 0 Å². The van der Waals surface area contributed by atoms with Crippen molar-refractivity contribution in [1.29, 1.82) is 0 Å². The third-order valence-corrected chi connectivity index (χ3v) is 4.28. The summed E-state index contributed by atoms with van der Waals surface area (Å²) in [6.45, 7) is 8.14. The maximum absolute atomic E-state index is 5.93. The van der Waals surface area contributed by atoms with Gasteiger partial charge in [0.15, 0.2) is 0 Å². The summed E-state index contributed by atoms with van der Waals surface area (Å²) < 4.78 is 11.6. The Morgan fingerprint density at radius 1 is 1.33 bits per heavy atom. The van der Waals surface area contributed by atoms with Gasteiger partial charge in [0.1, 0.15) is 0 Å². The third-order valence-electron chi connectivity index (χ3n) is 4.28. The number of hydrogen-bond donors (Lipinski definition) is 1. The van der Waals surface area contributed by atoms with Crippen LogP contribution in [0.15, 0.2) is 0 Å². The number of ether oxygens (including phenoxy) is 2. The molecule has 1 aliphatic carbocycles. The van der Waals surface area contributed by atoms with Crippen LogP contribution in [0.25, 0.3) is 0 Å². The van der Waals surface area contributed by atoms with Crippen LogP contribution in [0.4, 0.5) is 0 Å². The molecule has 106 valence electrons. The SMILES string of the molecule is CC(C)CCOCCNC1CCOC2(CCC2)C1. The molecule has 0 amide bonds. The summed E-state index contributed by atoms with van der Waals surface area (Å²) in [5, 5.41) is 3.63. The molecule has 1 spiro atoms. The summed E-state index contributed by atoms with van der Waals surface area (Å²) in [6, 6.07) is 0.646. The van der Waals surface area contributed by atoms with E-state index in [0.29, 0.717) is 6.04 Å². The van der Waals surface area contributed by atoms with E-state index in [1.807, 2.05) is 0 Å². The van der Waals surface area contributed by atoms with Crippen molar-refractivity contribution in [3.63, 3.8) is 0 Å². The largest absolute Gasteiger partial charge is 0.380 e. The molecular weight excluding hydrogens is 226 g/mol. The van der Waals surface area contributed by atoms with Gasteiger partial charge < -0.3 is 14.8 Å². The molecule has 1 saturated carbocycles. The second-order valence-corrected chi connectivity index (χ2v) is 6.32. The fraction of sp³-hybridized carbons (Fsp3) is 1.00. The van der Waals surface area contributed by atoms with Gasteiger partial charge in [0.25, 0.3) is 0 Å². The zero-order valence-corrected chi connectivity index (χ0v) is 12.0. The molecule has 1 saturated heterocycles. The standard InChI is InChI=1S/C15H29NO2/c1-13(2)4-9-17-11-8-16-14-5-10-18-15(12-14)6-3-7-15/h13-14,16H,3-12H2,1-2H3. The molecule has 2 fully saturated rings. The average Bonchev–Trinajstić information content (AvgIpc) is 2.32. The van der Waals surface area contributed by atoms with Crippen molar-refractivity contribution >= 4 is 0 Å². The molecular formula is C15H29NO2. The molecule has 0 bridgehead atoms. The van der Waals surface area contributed by atoms with Crippen molar-refractivity contribution in [2.45, 2.75) is 64.0 Å². The van der Waals surface area contributed by atoms with Gasteiger partial charge in [-0.15, -0.1) is 0 Å². The molecule has 18 heavy (non-hydrogen) atoms. The van der Waals surface area contributed by atoms with Crippen molar-refractivity contribution in [1.82, 2.24) is 5.32 Å². The fourth-order valence-corrected chi connectivity index (χ4v) is 2.88. The van der Waals surface area contributed by atoms with E-state index in [2.05, 4.69) is 19.2 Å². The number of hydrogen-bond acceptors (Lipinski definition) is 3. The van der Waals surface area contributed by atoms with E-state index in [9.17, 15) is 0 Å². The van der Waals surface area contributed by atoms with Crippen LogP contribution in [0.5, 0.6) is 0 Å². The van der Waals surface area contributed by atoms with Gasteiger partial charge in [0.2, 0.25) is 0 Å². The Morgan fingerprint density at radius 3 is 2.83 bits per heavy atom. The first-order valence-corrected chi connectivity index (χ1v) is 7.65. The van der Waals surface area contributed by atoms with E-state index in [0.717, 1.165) is 38.7 Å². The molecule has 0 aromatic heterocycles. The van der Waals surface area contributed by atoms with Crippen molar-refractivity contribution < 1.29 is 9.47 Å². The molecule has 1 aliphatic heterocycles. The molecule has 2 aliphatic rings. The molecule has 3 nitrogen and oxygen atoms in total. The highest BCUT2D eigenvalue weighted by Gasteiger charge is 2.42. The lowest BCUT2D eigenvalue weighted by Gasteiger charge is -2.47. The smallest absolute Gasteiger partial charge is 0.0697 e. The summed E-state index contributed by atoms with van der Waals surface area (Å²) in [4.78, 5) is 0. The average molecular weight is 255 g/mol. The quantitative estimate of drug-likeness (QED) is 0.710. The highest BCUT2D eigenvalue weighted by molar-refractivity contribution is 4.95. The van der Waals surface area contributed by atoms with Crippen molar-refractivity contribution in [3.8, 4) is 0 Å². The Bertz CT molecular complexity index is 239. The predicted molar refractivity (Wildman–Crippen MR) is 73.8 cm³/mol. The van der Waals surface area contributed by atoms with Gasteiger partial charge in [-0.1, -0.05) is 13.8 Å². The minimum Gasteiger partial charge on any atom is -0.380 e. The molecule has 3 heteroatoms. The Balaban J connectivity index is 1.51. The maximum Gasteiger partial charge on any atom is 0.0697 e. The first-order valence-electron chi connectivity index (χ1n) is 7.65. The Hall–Kier alpha value is -0.120. The molecule has 0 aromatic rings. The predicted octanol–water partition coefficient (Wildman–Crippen LogP) is 2.74. The maximum atomic E-state index is 5.93. The highest BCUT2D eigenvalue weighted by atomic mass is 16.5. The molecule has 1 unspecified atom stereocenters. The van der Waals surface area contributed by atoms with Crippen LogP contribution in [-0.2, 0) is 9.47 Å². The summed E-state index contributed by atoms with van der Waals surface area (Å²) in [5.41, 5.74) is 0.258. The Morgan fingerprint density at radius 2 is 2.17 bits per heavy atom. The van der Waals surface area contributed by atoms with Crippen molar-refractivity contribution in [2.75, 3.05) is 26.4 Å². The van der Waals surface area contributed by atoms with Crippen LogP contribution in [0.2, 0.25) is 0 Å². The van der Waals surface area contributed by atoms with E-state index < -0.39 is 0 Å². The normalized spacial score (nSPS) is 26.5. The Labute approximate surface area is 112 Å². The van der Waals surface area contributed by atoms with Gasteiger partial charge in [0, 0.05) is 25.8 Å². The minimum absolute atomic E-state index is 0.258. The van der Waals surface area contributed by atoms with Gasteiger partial charge in [-0.25, -0.2) is 0 Å². The Kier molecular flexibility index (Phi) is 5.46. The number of rotatable bonds is 7. The topological polar surface area (TPSA) is 30.5 Å². The van der Waals surface area contributed by atoms with Crippen LogP contribution < -0.4 is 5.32 Å². The monoisotopic (exact) mass is 255 g/mol. The lowest BCUT2D eigenvalue weighted by atomic mass is 9.74. The highest BCUT2D eigenvalue weighted by Crippen LogP contribution is 2.42. The van der Waals surface area contributed by atoms with Gasteiger partial charge >= 0.3 is 0 Å². The van der Waals surface area contributed by atoms with Crippen LogP contribution in [0.1, 0.15) is 52.4 Å². The second kappa shape index (κ2) is 6.88. The molecule has 1 atom stereocenters. The second-order valence-electron chi connectivity index (χ2n) is 6.32. The summed E-state index contributed by atoms with van der Waals surface area (Å²) in [6.07, 6.45) is 7.43. The summed E-state index contributed by atoms with van der Waals surface area (Å²) >= 11 is 0. The lowest BCUT2D eigenvalue weighted by Crippen LogP contribution is -2.51. The zero-order valence-electron chi connectivity index (χ0n) is 12.0. The molecule has 0 aromatic carbocycles. The molecule has 2 rings (SSSR count). The third kappa shape index (κ3) is 4.22. The van der Waals surface area contributed by atoms with E-state index in [1.165, 1.54) is 32.1 Å². The van der Waals surface area contributed by atoms with E-state index in [1.54, 1.807) is 0 Å². The van der Waals surface area contributed by atoms with Crippen LogP contribution >= 0.6 is 0 Å². The first-order chi connectivity index (χ1) is 8.70. The van der Waals surface area contributed by atoms with E-state index in [-0.39, 0.29) is 5.60 Å². The van der Waals surface area contributed by atoms with Gasteiger partial charge in [0.05, 0.1) is 12.2 Å². The van der Waals surface area contributed by atoms with E-state index in [4.69, 9.17) is 9.47 Å². The summed E-state index contributed by atoms with van der Waals surface area (Å²) in [5.74, 6) is 0.743. The minimum atomic E-state index is 0.258. The van der Waals surface area contributed by atoms with Gasteiger partial charge in [-0.2, -0.15) is 0 Å². The number of nitrogens with one attached hydrogen (secondary N) is 1. The van der Waals surface area contributed by atoms with Gasteiger partial charge in [-0.05, 0) is 44.4 Å². The lowest BCUT2D eigenvalue weighted by molar-refractivity contribution is -0.135. The molecule has 1 N–H and O–H groups in total. The first kappa shape index (κ1) is 14.3. The summed E-state index contributed by atoms with van der Waals surface area (Å²) in [7, 11) is 0. The fourth-order valence-electron chi connectivity index (χ4n) is 2.88. The molecule has 0 radical (unpaired) electrons. The van der Waals surface area contributed by atoms with E-state index >= 15 is 0 Å². The van der Waals surface area contributed by atoms with Crippen LogP contribution in [-0.4, -0.2) is 38.0 Å². The molecule has 1 heterocycles. The van der Waals surface area contributed by atoms with Crippen molar-refractivity contribution in [2.24, 2.45) is 5.92 Å². The van der Waals surface area contributed by atoms with Crippen molar-refractivity contribution in [3.05, 3.63) is 0 Å². The zero-order chi connectivity index (χ0) is 12.8. The van der Waals surface area contributed by atoms with Crippen LogP contribution in [0, 0.1) is 5.92 Å². The van der Waals surface area contributed by atoms with Crippen LogP contribution in [0.3, 0.4) is 0 Å².